The van der Waals surface area contributed by atoms with Gasteiger partial charge in [0, 0.05) is 22.2 Å². The van der Waals surface area contributed by atoms with Crippen LogP contribution in [0.25, 0.3) is 21.9 Å². The van der Waals surface area contributed by atoms with Crippen molar-refractivity contribution in [2.24, 2.45) is 0 Å². The number of amides is 1. The molecule has 0 spiro atoms. The SMILES string of the molecule is O=C(Nc1ccccc1-c1ccccc1NS(=O)(=O)c1cccc2ccccc12)[C@@H]1CCCN1. The summed E-state index contributed by atoms with van der Waals surface area (Å²) in [5.74, 6) is -0.0845. The molecule has 6 nitrogen and oxygen atoms in total. The van der Waals surface area contributed by atoms with Gasteiger partial charge in [0.15, 0.2) is 0 Å². The van der Waals surface area contributed by atoms with E-state index in [2.05, 4.69) is 15.4 Å². The monoisotopic (exact) mass is 471 g/mol. The molecule has 1 atom stereocenters. The van der Waals surface area contributed by atoms with Gasteiger partial charge in [-0.2, -0.15) is 0 Å². The van der Waals surface area contributed by atoms with E-state index in [0.29, 0.717) is 22.3 Å². The molecular weight excluding hydrogens is 446 g/mol. The molecule has 4 aromatic carbocycles. The van der Waals surface area contributed by atoms with Crippen LogP contribution in [-0.4, -0.2) is 26.9 Å². The summed E-state index contributed by atoms with van der Waals surface area (Å²) in [4.78, 5) is 13.0. The minimum absolute atomic E-state index is 0.0845. The van der Waals surface area contributed by atoms with Crippen molar-refractivity contribution in [3.63, 3.8) is 0 Å². The Hall–Kier alpha value is -3.68. The van der Waals surface area contributed by atoms with Gasteiger partial charge in [0.1, 0.15) is 0 Å². The summed E-state index contributed by atoms with van der Waals surface area (Å²) in [6.45, 7) is 0.832. The second kappa shape index (κ2) is 9.29. The zero-order valence-corrected chi connectivity index (χ0v) is 19.3. The maximum absolute atomic E-state index is 13.4. The molecule has 34 heavy (non-hydrogen) atoms. The predicted molar refractivity (Wildman–Crippen MR) is 136 cm³/mol. The summed E-state index contributed by atoms with van der Waals surface area (Å²) < 4.78 is 29.7. The van der Waals surface area contributed by atoms with Crippen LogP contribution in [0, 0.1) is 0 Å². The lowest BCUT2D eigenvalue weighted by atomic mass is 10.0. The van der Waals surface area contributed by atoms with Gasteiger partial charge in [-0.25, -0.2) is 8.42 Å². The summed E-state index contributed by atoms with van der Waals surface area (Å²) in [5.41, 5.74) is 2.50. The molecule has 4 aromatic rings. The third-order valence-corrected chi connectivity index (χ3v) is 7.49. The normalized spacial score (nSPS) is 15.8. The lowest BCUT2D eigenvalue weighted by molar-refractivity contribution is -0.117. The summed E-state index contributed by atoms with van der Waals surface area (Å²) in [6.07, 6.45) is 1.77. The van der Waals surface area contributed by atoms with E-state index < -0.39 is 10.0 Å². The van der Waals surface area contributed by atoms with E-state index in [0.717, 1.165) is 30.3 Å². The van der Waals surface area contributed by atoms with Gasteiger partial charge in [0.25, 0.3) is 10.0 Å². The van der Waals surface area contributed by atoms with Gasteiger partial charge in [0.2, 0.25) is 5.91 Å². The van der Waals surface area contributed by atoms with Crippen molar-refractivity contribution in [2.45, 2.75) is 23.8 Å². The van der Waals surface area contributed by atoms with Crippen molar-refractivity contribution in [3.8, 4) is 11.1 Å². The summed E-state index contributed by atoms with van der Waals surface area (Å²) >= 11 is 0. The van der Waals surface area contributed by atoms with Crippen LogP contribution in [0.2, 0.25) is 0 Å². The topological polar surface area (TPSA) is 87.3 Å². The molecule has 0 bridgehead atoms. The average molecular weight is 472 g/mol. The smallest absolute Gasteiger partial charge is 0.262 e. The number of hydrogen-bond acceptors (Lipinski definition) is 4. The Morgan fingerprint density at radius 1 is 0.794 bits per heavy atom. The number of carbonyl (C=O) groups is 1. The fraction of sp³-hybridized carbons (Fsp3) is 0.148. The molecule has 0 unspecified atom stereocenters. The van der Waals surface area contributed by atoms with Gasteiger partial charge in [0.05, 0.1) is 16.6 Å². The quantitative estimate of drug-likeness (QED) is 0.369. The van der Waals surface area contributed by atoms with Crippen LogP contribution in [0.5, 0.6) is 0 Å². The third-order valence-electron chi connectivity index (χ3n) is 6.06. The first-order valence-corrected chi connectivity index (χ1v) is 12.7. The van der Waals surface area contributed by atoms with Gasteiger partial charge in [-0.05, 0) is 43.0 Å². The highest BCUT2D eigenvalue weighted by molar-refractivity contribution is 7.93. The van der Waals surface area contributed by atoms with E-state index in [1.54, 1.807) is 30.3 Å². The minimum atomic E-state index is -3.87. The molecule has 0 aliphatic carbocycles. The summed E-state index contributed by atoms with van der Waals surface area (Å²) in [6, 6.07) is 27.1. The highest BCUT2D eigenvalue weighted by Crippen LogP contribution is 2.35. The van der Waals surface area contributed by atoms with Crippen LogP contribution in [0.3, 0.4) is 0 Å². The van der Waals surface area contributed by atoms with E-state index in [9.17, 15) is 13.2 Å². The highest BCUT2D eigenvalue weighted by Gasteiger charge is 2.24. The molecule has 1 heterocycles. The molecule has 3 N–H and O–H groups in total. The first-order chi connectivity index (χ1) is 16.5. The van der Waals surface area contributed by atoms with Crippen LogP contribution in [0.1, 0.15) is 12.8 Å². The van der Waals surface area contributed by atoms with Gasteiger partial charge in [-0.1, -0.05) is 72.8 Å². The number of sulfonamides is 1. The molecule has 172 valence electrons. The number of anilines is 2. The van der Waals surface area contributed by atoms with E-state index in [-0.39, 0.29) is 16.8 Å². The lowest BCUT2D eigenvalue weighted by Gasteiger charge is -2.18. The number of fused-ring (bicyclic) bond motifs is 1. The molecule has 0 aromatic heterocycles. The van der Waals surface area contributed by atoms with Crippen molar-refractivity contribution in [2.75, 3.05) is 16.6 Å². The van der Waals surface area contributed by atoms with E-state index in [1.807, 2.05) is 60.7 Å². The molecule has 1 fully saturated rings. The number of hydrogen-bond donors (Lipinski definition) is 3. The Morgan fingerprint density at radius 2 is 1.44 bits per heavy atom. The Morgan fingerprint density at radius 3 is 2.21 bits per heavy atom. The van der Waals surface area contributed by atoms with E-state index in [4.69, 9.17) is 0 Å². The Labute approximate surface area is 199 Å². The fourth-order valence-electron chi connectivity index (χ4n) is 4.39. The summed E-state index contributed by atoms with van der Waals surface area (Å²) in [7, 11) is -3.87. The predicted octanol–water partition coefficient (Wildman–Crippen LogP) is 5.00. The molecule has 0 radical (unpaired) electrons. The number of para-hydroxylation sites is 2. The number of nitrogens with one attached hydrogen (secondary N) is 3. The van der Waals surface area contributed by atoms with Crippen molar-refractivity contribution in [1.29, 1.82) is 0 Å². The third kappa shape index (κ3) is 4.40. The standard InChI is InChI=1S/C27H25N3O3S/c31-27(25-16-8-18-28-25)29-23-14-5-3-12-21(23)22-13-4-6-15-24(22)30-34(32,33)26-17-7-10-19-9-1-2-11-20(19)26/h1-7,9-15,17,25,28,30H,8,16,18H2,(H,29,31)/t25-/m0/s1. The van der Waals surface area contributed by atoms with Crippen molar-refractivity contribution in [3.05, 3.63) is 91.0 Å². The molecule has 7 heteroatoms. The number of benzene rings is 4. The Kier molecular flexibility index (Phi) is 6.04. The van der Waals surface area contributed by atoms with Crippen LogP contribution in [-0.2, 0) is 14.8 Å². The lowest BCUT2D eigenvalue weighted by Crippen LogP contribution is -2.35. The average Bonchev–Trinajstić information content (AvgIpc) is 3.40. The van der Waals surface area contributed by atoms with Crippen molar-refractivity contribution >= 4 is 38.1 Å². The molecule has 1 amide bonds. The van der Waals surface area contributed by atoms with Gasteiger partial charge in [-0.15, -0.1) is 0 Å². The molecule has 1 aliphatic heterocycles. The maximum Gasteiger partial charge on any atom is 0.262 e. The number of carbonyl (C=O) groups excluding carboxylic acids is 1. The van der Waals surface area contributed by atoms with Gasteiger partial charge >= 0.3 is 0 Å². The Balaban J connectivity index is 1.51. The highest BCUT2D eigenvalue weighted by atomic mass is 32.2. The summed E-state index contributed by atoms with van der Waals surface area (Å²) in [5, 5.41) is 7.74. The first-order valence-electron chi connectivity index (χ1n) is 11.3. The molecule has 1 saturated heterocycles. The second-order valence-corrected chi connectivity index (χ2v) is 9.96. The van der Waals surface area contributed by atoms with Crippen LogP contribution in [0.15, 0.2) is 95.9 Å². The zero-order chi connectivity index (χ0) is 23.5. The zero-order valence-electron chi connectivity index (χ0n) is 18.5. The molecule has 0 saturated carbocycles. The van der Waals surface area contributed by atoms with Crippen LogP contribution < -0.4 is 15.4 Å². The first kappa shape index (κ1) is 22.1. The minimum Gasteiger partial charge on any atom is -0.324 e. The second-order valence-electron chi connectivity index (χ2n) is 8.31. The maximum atomic E-state index is 13.4. The molecule has 5 rings (SSSR count). The van der Waals surface area contributed by atoms with E-state index >= 15 is 0 Å². The largest absolute Gasteiger partial charge is 0.324 e. The van der Waals surface area contributed by atoms with Crippen molar-refractivity contribution < 1.29 is 13.2 Å². The molecule has 1 aliphatic rings. The van der Waals surface area contributed by atoms with Crippen molar-refractivity contribution in [1.82, 2.24) is 5.32 Å². The van der Waals surface area contributed by atoms with Crippen LogP contribution in [0.4, 0.5) is 11.4 Å². The molecular formula is C27H25N3O3S. The van der Waals surface area contributed by atoms with Gasteiger partial charge in [-0.3, -0.25) is 9.52 Å². The number of rotatable bonds is 6. The Bertz CT molecular complexity index is 1460. The fourth-order valence-corrected chi connectivity index (χ4v) is 5.70. The van der Waals surface area contributed by atoms with Crippen LogP contribution >= 0.6 is 0 Å². The van der Waals surface area contributed by atoms with Gasteiger partial charge < -0.3 is 10.6 Å². The van der Waals surface area contributed by atoms with E-state index in [1.165, 1.54) is 0 Å².